The van der Waals surface area contributed by atoms with E-state index in [2.05, 4.69) is 41.4 Å². The summed E-state index contributed by atoms with van der Waals surface area (Å²) in [5.74, 6) is -2.07. The minimum absolute atomic E-state index is 0.190. The number of nitrogens with one attached hydrogen (secondary N) is 2. The first-order valence-electron chi connectivity index (χ1n) is 11.6. The van der Waals surface area contributed by atoms with Gasteiger partial charge in [0.25, 0.3) is 5.91 Å². The highest BCUT2D eigenvalue weighted by atomic mass is 16.4. The van der Waals surface area contributed by atoms with E-state index in [1.807, 2.05) is 44.2 Å². The van der Waals surface area contributed by atoms with Crippen LogP contribution in [0.1, 0.15) is 34.2 Å². The highest BCUT2D eigenvalue weighted by Gasteiger charge is 2.23. The molecule has 3 aromatic rings. The summed E-state index contributed by atoms with van der Waals surface area (Å²) in [4.78, 5) is 27.0. The smallest absolute Gasteiger partial charge is 0.354 e. The summed E-state index contributed by atoms with van der Waals surface area (Å²) in [5, 5.41) is 20.3. The Morgan fingerprint density at radius 1 is 1.03 bits per heavy atom. The number of carboxylic acid groups (broad SMARTS) is 1. The van der Waals surface area contributed by atoms with E-state index in [0.717, 1.165) is 47.5 Å². The van der Waals surface area contributed by atoms with E-state index in [9.17, 15) is 14.7 Å². The van der Waals surface area contributed by atoms with Gasteiger partial charge in [-0.15, -0.1) is 0 Å². The Kier molecular flexibility index (Phi) is 6.82. The van der Waals surface area contributed by atoms with Gasteiger partial charge < -0.3 is 15.3 Å². The summed E-state index contributed by atoms with van der Waals surface area (Å²) in [7, 11) is 0. The molecule has 0 radical (unpaired) electrons. The number of aryl methyl sites for hydroxylation is 3. The molecule has 0 atom stereocenters. The largest absolute Gasteiger partial charge is 0.477 e. The molecular weight excluding hydrogens is 438 g/mol. The molecule has 0 fully saturated rings. The molecule has 0 aliphatic carbocycles. The SMILES string of the molecule is Cc1ccc(N2CCCc3cc(/C=C(/C(=N)C(=O)O)C(=O)Nc4cccc(C)c4C)ccc32)cc1. The van der Waals surface area contributed by atoms with E-state index < -0.39 is 17.6 Å². The number of carbonyl (C=O) groups excluding carboxylic acids is 1. The lowest BCUT2D eigenvalue weighted by Gasteiger charge is -2.31. The predicted molar refractivity (Wildman–Crippen MR) is 141 cm³/mol. The highest BCUT2D eigenvalue weighted by Crippen LogP contribution is 2.34. The Balaban J connectivity index is 1.68. The van der Waals surface area contributed by atoms with Crippen LogP contribution in [-0.2, 0) is 16.0 Å². The van der Waals surface area contributed by atoms with Crippen molar-refractivity contribution in [3.63, 3.8) is 0 Å². The van der Waals surface area contributed by atoms with Crippen molar-refractivity contribution in [3.8, 4) is 0 Å². The van der Waals surface area contributed by atoms with E-state index in [0.29, 0.717) is 11.3 Å². The van der Waals surface area contributed by atoms with Crippen molar-refractivity contribution in [2.75, 3.05) is 16.8 Å². The maximum Gasteiger partial charge on any atom is 0.354 e. The number of fused-ring (bicyclic) bond motifs is 1. The standard InChI is InChI=1S/C29H29N3O3/c1-18-9-12-23(13-10-18)32-15-5-7-22-16-21(11-14-26(22)32)17-24(27(30)29(34)35)28(33)31-25-8-4-6-19(2)20(25)3/h4,6,8-14,16-17,30H,5,7,15H2,1-3H3,(H,31,33)(H,34,35)/b24-17-,30-27?. The number of rotatable bonds is 6. The van der Waals surface area contributed by atoms with Gasteiger partial charge in [-0.2, -0.15) is 0 Å². The molecule has 178 valence electrons. The maximum absolute atomic E-state index is 13.1. The number of carbonyl (C=O) groups is 2. The van der Waals surface area contributed by atoms with Crippen molar-refractivity contribution in [2.45, 2.75) is 33.6 Å². The lowest BCUT2D eigenvalue weighted by Crippen LogP contribution is -2.26. The van der Waals surface area contributed by atoms with Crippen LogP contribution in [0.3, 0.4) is 0 Å². The lowest BCUT2D eigenvalue weighted by atomic mass is 9.96. The van der Waals surface area contributed by atoms with E-state index in [4.69, 9.17) is 5.41 Å². The van der Waals surface area contributed by atoms with Crippen LogP contribution in [0.15, 0.2) is 66.2 Å². The average molecular weight is 468 g/mol. The number of amides is 1. The zero-order valence-electron chi connectivity index (χ0n) is 20.2. The Hall–Kier alpha value is -4.19. The topological polar surface area (TPSA) is 93.5 Å². The van der Waals surface area contributed by atoms with Gasteiger partial charge in [0.05, 0.1) is 5.57 Å². The number of hydrogen-bond acceptors (Lipinski definition) is 4. The Labute approximate surface area is 205 Å². The van der Waals surface area contributed by atoms with Crippen molar-refractivity contribution in [3.05, 3.63) is 94.1 Å². The van der Waals surface area contributed by atoms with Crippen LogP contribution in [0.25, 0.3) is 6.08 Å². The first-order valence-corrected chi connectivity index (χ1v) is 11.6. The molecule has 0 bridgehead atoms. The first kappa shape index (κ1) is 24.0. The van der Waals surface area contributed by atoms with Crippen LogP contribution < -0.4 is 10.2 Å². The second-order valence-corrected chi connectivity index (χ2v) is 8.92. The van der Waals surface area contributed by atoms with E-state index in [1.54, 1.807) is 6.07 Å². The Bertz CT molecular complexity index is 1340. The van der Waals surface area contributed by atoms with Crippen LogP contribution in [-0.4, -0.2) is 29.2 Å². The predicted octanol–water partition coefficient (Wildman–Crippen LogP) is 5.82. The summed E-state index contributed by atoms with van der Waals surface area (Å²) in [5.41, 5.74) is 6.82. The molecule has 1 aliphatic rings. The van der Waals surface area contributed by atoms with Crippen LogP contribution in [0.5, 0.6) is 0 Å². The van der Waals surface area contributed by atoms with Crippen LogP contribution in [0.2, 0.25) is 0 Å². The highest BCUT2D eigenvalue weighted by molar-refractivity contribution is 6.50. The molecule has 0 spiro atoms. The number of anilines is 3. The van der Waals surface area contributed by atoms with E-state index >= 15 is 0 Å². The molecule has 3 N–H and O–H groups in total. The third kappa shape index (κ3) is 5.17. The summed E-state index contributed by atoms with van der Waals surface area (Å²) in [6.07, 6.45) is 3.36. The van der Waals surface area contributed by atoms with Gasteiger partial charge in [-0.1, -0.05) is 35.9 Å². The molecule has 0 saturated carbocycles. The van der Waals surface area contributed by atoms with Gasteiger partial charge in [-0.05, 0) is 92.3 Å². The average Bonchev–Trinajstić information content (AvgIpc) is 2.84. The maximum atomic E-state index is 13.1. The lowest BCUT2D eigenvalue weighted by molar-refractivity contribution is -0.129. The van der Waals surface area contributed by atoms with Crippen molar-refractivity contribution >= 4 is 40.7 Å². The van der Waals surface area contributed by atoms with E-state index in [1.165, 1.54) is 11.6 Å². The summed E-state index contributed by atoms with van der Waals surface area (Å²) in [6, 6.07) is 19.8. The second-order valence-electron chi connectivity index (χ2n) is 8.92. The molecular formula is C29H29N3O3. The molecule has 3 aromatic carbocycles. The van der Waals surface area contributed by atoms with Crippen molar-refractivity contribution in [2.24, 2.45) is 0 Å². The molecule has 1 aliphatic heterocycles. The Morgan fingerprint density at radius 2 is 1.77 bits per heavy atom. The normalized spacial score (nSPS) is 13.2. The number of benzene rings is 3. The fourth-order valence-electron chi connectivity index (χ4n) is 4.31. The van der Waals surface area contributed by atoms with Gasteiger partial charge in [-0.3, -0.25) is 10.2 Å². The number of carboxylic acids is 1. The molecule has 0 saturated heterocycles. The zero-order valence-corrected chi connectivity index (χ0v) is 20.2. The molecule has 1 heterocycles. The fourth-order valence-corrected chi connectivity index (χ4v) is 4.31. The van der Waals surface area contributed by atoms with Crippen molar-refractivity contribution in [1.82, 2.24) is 0 Å². The van der Waals surface area contributed by atoms with E-state index in [-0.39, 0.29) is 5.57 Å². The molecule has 4 rings (SSSR count). The third-order valence-electron chi connectivity index (χ3n) is 6.46. The molecule has 6 nitrogen and oxygen atoms in total. The minimum Gasteiger partial charge on any atom is -0.477 e. The van der Waals surface area contributed by atoms with Gasteiger partial charge in [0, 0.05) is 23.6 Å². The summed E-state index contributed by atoms with van der Waals surface area (Å²) in [6.45, 7) is 6.81. The van der Waals surface area contributed by atoms with Gasteiger partial charge >= 0.3 is 5.97 Å². The molecule has 6 heteroatoms. The first-order chi connectivity index (χ1) is 16.7. The number of nitrogens with zero attached hydrogens (tertiary/aromatic N) is 1. The second kappa shape index (κ2) is 9.97. The third-order valence-corrected chi connectivity index (χ3v) is 6.46. The Morgan fingerprint density at radius 3 is 2.49 bits per heavy atom. The summed E-state index contributed by atoms with van der Waals surface area (Å²) < 4.78 is 0. The van der Waals surface area contributed by atoms with Gasteiger partial charge in [0.15, 0.2) is 5.71 Å². The molecule has 35 heavy (non-hydrogen) atoms. The molecule has 0 aromatic heterocycles. The monoisotopic (exact) mass is 467 g/mol. The zero-order chi connectivity index (χ0) is 25.1. The van der Waals surface area contributed by atoms with Gasteiger partial charge in [0.2, 0.25) is 0 Å². The number of hydrogen-bond donors (Lipinski definition) is 3. The van der Waals surface area contributed by atoms with Crippen molar-refractivity contribution in [1.29, 1.82) is 5.41 Å². The van der Waals surface area contributed by atoms with Crippen LogP contribution in [0.4, 0.5) is 17.1 Å². The molecule has 1 amide bonds. The summed E-state index contributed by atoms with van der Waals surface area (Å²) >= 11 is 0. The minimum atomic E-state index is -1.45. The quantitative estimate of drug-likeness (QED) is 0.314. The van der Waals surface area contributed by atoms with Gasteiger partial charge in [0.1, 0.15) is 0 Å². The van der Waals surface area contributed by atoms with Crippen LogP contribution in [0, 0.1) is 26.2 Å². The van der Waals surface area contributed by atoms with Crippen LogP contribution >= 0.6 is 0 Å². The molecule has 0 unspecified atom stereocenters. The number of aliphatic carboxylic acids is 1. The fraction of sp³-hybridized carbons (Fsp3) is 0.207. The van der Waals surface area contributed by atoms with Gasteiger partial charge in [-0.25, -0.2) is 4.79 Å². The van der Waals surface area contributed by atoms with Crippen molar-refractivity contribution < 1.29 is 14.7 Å².